The Morgan fingerprint density at radius 3 is 2.79 bits per heavy atom. The van der Waals surface area contributed by atoms with Crippen molar-refractivity contribution in [3.63, 3.8) is 0 Å². The molecular weight excluding hydrogens is 266 g/mol. The van der Waals surface area contributed by atoms with Gasteiger partial charge in [-0.05, 0) is 19.1 Å². The van der Waals surface area contributed by atoms with Gasteiger partial charge < -0.3 is 10.1 Å². The molecule has 2 rings (SSSR count). The van der Waals surface area contributed by atoms with Crippen LogP contribution in [-0.2, 0) is 0 Å². The minimum atomic E-state index is -0.310. The highest BCUT2D eigenvalue weighted by atomic mass is 35.5. The fourth-order valence-corrected chi connectivity index (χ4v) is 1.73. The van der Waals surface area contributed by atoms with Crippen molar-refractivity contribution in [2.24, 2.45) is 0 Å². The van der Waals surface area contributed by atoms with Crippen molar-refractivity contribution >= 4 is 23.3 Å². The number of ether oxygens (including phenoxy) is 1. The number of carbonyl (C=O) groups is 1. The highest BCUT2D eigenvalue weighted by Crippen LogP contribution is 2.21. The second-order valence-corrected chi connectivity index (χ2v) is 4.27. The first kappa shape index (κ1) is 13.3. The summed E-state index contributed by atoms with van der Waals surface area (Å²) in [5, 5.41) is 2.91. The van der Waals surface area contributed by atoms with Crippen LogP contribution in [0, 0.1) is 6.92 Å². The van der Waals surface area contributed by atoms with Crippen molar-refractivity contribution in [2.45, 2.75) is 6.92 Å². The molecule has 0 atom stereocenters. The van der Waals surface area contributed by atoms with Gasteiger partial charge in [0, 0.05) is 6.07 Å². The Hall–Kier alpha value is -2.14. The molecule has 0 radical (unpaired) electrons. The van der Waals surface area contributed by atoms with E-state index in [4.69, 9.17) is 16.3 Å². The lowest BCUT2D eigenvalue weighted by molar-refractivity contribution is 0.102. The number of nitrogens with zero attached hydrogens (tertiary/aromatic N) is 2. The van der Waals surface area contributed by atoms with Gasteiger partial charge in [-0.25, -0.2) is 9.97 Å². The van der Waals surface area contributed by atoms with Crippen LogP contribution in [-0.4, -0.2) is 23.0 Å². The second-order valence-electron chi connectivity index (χ2n) is 3.88. The molecule has 0 unspecified atom stereocenters. The fourth-order valence-electron chi connectivity index (χ4n) is 1.58. The number of benzene rings is 1. The SMILES string of the molecule is COc1ccc(C)cc1C(=O)Nc1cc(Cl)ncn1. The first-order chi connectivity index (χ1) is 9.10. The normalized spacial score (nSPS) is 10.1. The molecule has 1 aromatic carbocycles. The van der Waals surface area contributed by atoms with Crippen molar-refractivity contribution in [2.75, 3.05) is 12.4 Å². The summed E-state index contributed by atoms with van der Waals surface area (Å²) >= 11 is 5.73. The van der Waals surface area contributed by atoms with Gasteiger partial charge in [-0.15, -0.1) is 0 Å². The van der Waals surface area contributed by atoms with Gasteiger partial charge in [-0.3, -0.25) is 4.79 Å². The Balaban J connectivity index is 2.27. The summed E-state index contributed by atoms with van der Waals surface area (Å²) in [6.45, 7) is 1.90. The lowest BCUT2D eigenvalue weighted by Gasteiger charge is -2.09. The molecule has 1 aromatic heterocycles. The predicted octanol–water partition coefficient (Wildman–Crippen LogP) is 2.70. The van der Waals surface area contributed by atoms with Crippen LogP contribution in [0.15, 0.2) is 30.6 Å². The van der Waals surface area contributed by atoms with Gasteiger partial charge in [-0.1, -0.05) is 23.2 Å². The number of rotatable bonds is 3. The summed E-state index contributed by atoms with van der Waals surface area (Å²) in [6.07, 6.45) is 1.28. The molecule has 98 valence electrons. The zero-order valence-corrected chi connectivity index (χ0v) is 11.2. The van der Waals surface area contributed by atoms with Gasteiger partial charge in [0.2, 0.25) is 0 Å². The van der Waals surface area contributed by atoms with E-state index in [9.17, 15) is 4.79 Å². The molecule has 0 bridgehead atoms. The zero-order chi connectivity index (χ0) is 13.8. The number of halogens is 1. The minimum absolute atomic E-state index is 0.265. The maximum Gasteiger partial charge on any atom is 0.260 e. The van der Waals surface area contributed by atoms with Crippen LogP contribution in [0.3, 0.4) is 0 Å². The molecule has 1 heterocycles. The van der Waals surface area contributed by atoms with Crippen molar-refractivity contribution in [1.82, 2.24) is 9.97 Å². The van der Waals surface area contributed by atoms with E-state index in [1.165, 1.54) is 19.5 Å². The van der Waals surface area contributed by atoms with Crippen molar-refractivity contribution in [3.05, 3.63) is 46.9 Å². The van der Waals surface area contributed by atoms with Crippen LogP contribution in [0.4, 0.5) is 5.82 Å². The van der Waals surface area contributed by atoms with Gasteiger partial charge in [0.15, 0.2) is 0 Å². The molecule has 6 heteroatoms. The van der Waals surface area contributed by atoms with Crippen LogP contribution in [0.25, 0.3) is 0 Å². The first-order valence-corrected chi connectivity index (χ1v) is 5.91. The van der Waals surface area contributed by atoms with E-state index >= 15 is 0 Å². The number of anilines is 1. The Morgan fingerprint density at radius 1 is 1.32 bits per heavy atom. The van der Waals surface area contributed by atoms with E-state index in [1.54, 1.807) is 12.1 Å². The van der Waals surface area contributed by atoms with Crippen molar-refractivity contribution < 1.29 is 9.53 Å². The summed E-state index contributed by atoms with van der Waals surface area (Å²) in [5.41, 5.74) is 1.41. The topological polar surface area (TPSA) is 64.1 Å². The number of aryl methyl sites for hydroxylation is 1. The Morgan fingerprint density at radius 2 is 2.11 bits per heavy atom. The zero-order valence-electron chi connectivity index (χ0n) is 10.5. The molecule has 0 fully saturated rings. The van der Waals surface area contributed by atoms with Gasteiger partial charge in [0.25, 0.3) is 5.91 Å². The number of methoxy groups -OCH3 is 1. The van der Waals surface area contributed by atoms with Crippen LogP contribution in [0.5, 0.6) is 5.75 Å². The third kappa shape index (κ3) is 3.20. The Kier molecular flexibility index (Phi) is 3.97. The van der Waals surface area contributed by atoms with Gasteiger partial charge in [0.1, 0.15) is 23.0 Å². The summed E-state index contributed by atoms with van der Waals surface area (Å²) < 4.78 is 5.16. The van der Waals surface area contributed by atoms with Crippen molar-refractivity contribution in [3.8, 4) is 5.75 Å². The first-order valence-electron chi connectivity index (χ1n) is 5.53. The van der Waals surface area contributed by atoms with E-state index < -0.39 is 0 Å². The largest absolute Gasteiger partial charge is 0.496 e. The van der Waals surface area contributed by atoms with E-state index in [0.717, 1.165) is 5.56 Å². The molecule has 0 aliphatic carbocycles. The van der Waals surface area contributed by atoms with Crippen LogP contribution < -0.4 is 10.1 Å². The molecule has 1 N–H and O–H groups in total. The molecule has 0 saturated heterocycles. The van der Waals surface area contributed by atoms with Crippen LogP contribution in [0.1, 0.15) is 15.9 Å². The van der Waals surface area contributed by atoms with Gasteiger partial charge >= 0.3 is 0 Å². The maximum atomic E-state index is 12.2. The molecule has 2 aromatic rings. The number of hydrogen-bond acceptors (Lipinski definition) is 4. The fraction of sp³-hybridized carbons (Fsp3) is 0.154. The molecule has 0 aliphatic heterocycles. The van der Waals surface area contributed by atoms with E-state index in [1.807, 2.05) is 13.0 Å². The van der Waals surface area contributed by atoms with Gasteiger partial charge in [0.05, 0.1) is 12.7 Å². The summed E-state index contributed by atoms with van der Waals surface area (Å²) in [7, 11) is 1.52. The predicted molar refractivity (Wildman–Crippen MR) is 72.7 cm³/mol. The highest BCUT2D eigenvalue weighted by molar-refractivity contribution is 6.29. The summed E-state index contributed by atoms with van der Waals surface area (Å²) in [4.78, 5) is 19.8. The molecular formula is C13H12ClN3O2. The summed E-state index contributed by atoms with van der Waals surface area (Å²) in [6, 6.07) is 6.84. The lowest BCUT2D eigenvalue weighted by Crippen LogP contribution is -2.14. The third-order valence-corrected chi connectivity index (χ3v) is 2.68. The van der Waals surface area contributed by atoms with Crippen LogP contribution >= 0.6 is 11.6 Å². The minimum Gasteiger partial charge on any atom is -0.496 e. The average Bonchev–Trinajstić information content (AvgIpc) is 2.38. The molecule has 19 heavy (non-hydrogen) atoms. The number of hydrogen-bond donors (Lipinski definition) is 1. The molecule has 1 amide bonds. The Labute approximate surface area is 115 Å². The molecule has 0 spiro atoms. The maximum absolute atomic E-state index is 12.2. The van der Waals surface area contributed by atoms with Gasteiger partial charge in [-0.2, -0.15) is 0 Å². The number of carbonyl (C=O) groups excluding carboxylic acids is 1. The van der Waals surface area contributed by atoms with E-state index in [2.05, 4.69) is 15.3 Å². The molecule has 0 saturated carbocycles. The average molecular weight is 278 g/mol. The number of nitrogens with one attached hydrogen (secondary N) is 1. The lowest BCUT2D eigenvalue weighted by atomic mass is 10.1. The smallest absolute Gasteiger partial charge is 0.260 e. The second kappa shape index (κ2) is 5.67. The van der Waals surface area contributed by atoms with Crippen molar-refractivity contribution in [1.29, 1.82) is 0 Å². The van der Waals surface area contributed by atoms with E-state index in [0.29, 0.717) is 17.1 Å². The monoisotopic (exact) mass is 277 g/mol. The third-order valence-electron chi connectivity index (χ3n) is 2.47. The van der Waals surface area contributed by atoms with Crippen LogP contribution in [0.2, 0.25) is 5.15 Å². The standard InChI is InChI=1S/C13H12ClN3O2/c1-8-3-4-10(19-2)9(5-8)13(18)17-12-6-11(14)15-7-16-12/h3-7H,1-2H3,(H,15,16,17,18). The summed E-state index contributed by atoms with van der Waals surface area (Å²) in [5.74, 6) is 0.534. The van der Waals surface area contributed by atoms with E-state index in [-0.39, 0.29) is 11.1 Å². The Bertz CT molecular complexity index is 617. The number of amides is 1. The number of aromatic nitrogens is 2. The highest BCUT2D eigenvalue weighted by Gasteiger charge is 2.13. The molecule has 0 aliphatic rings. The molecule has 5 nitrogen and oxygen atoms in total. The quantitative estimate of drug-likeness (QED) is 0.876.